The molecule has 0 aliphatic heterocycles. The number of carbonyl (C=O) groups excluding carboxylic acids is 1. The lowest BCUT2D eigenvalue weighted by Crippen LogP contribution is -2.06. The van der Waals surface area contributed by atoms with Crippen LogP contribution in [0.15, 0.2) is 52.0 Å². The van der Waals surface area contributed by atoms with Crippen molar-refractivity contribution < 1.29 is 22.4 Å². The highest BCUT2D eigenvalue weighted by Gasteiger charge is 2.12. The van der Waals surface area contributed by atoms with Gasteiger partial charge in [-0.15, -0.1) is 0 Å². The van der Waals surface area contributed by atoms with Crippen LogP contribution in [-0.4, -0.2) is 26.7 Å². The van der Waals surface area contributed by atoms with E-state index in [1.165, 1.54) is 12.3 Å². The molecule has 0 saturated heterocycles. The third-order valence-electron chi connectivity index (χ3n) is 2.77. The summed E-state index contributed by atoms with van der Waals surface area (Å²) >= 11 is 0. The van der Waals surface area contributed by atoms with Crippen LogP contribution in [0.5, 0.6) is 0 Å². The first kappa shape index (κ1) is 15.9. The predicted molar refractivity (Wildman–Crippen MR) is 80.0 cm³/mol. The lowest BCUT2D eigenvalue weighted by molar-refractivity contribution is 0.0520. The van der Waals surface area contributed by atoms with Gasteiger partial charge in [-0.3, -0.25) is 0 Å². The molecule has 0 aliphatic rings. The summed E-state index contributed by atoms with van der Waals surface area (Å²) in [6.07, 6.45) is 1.36. The van der Waals surface area contributed by atoms with Crippen molar-refractivity contribution in [3.8, 4) is 11.8 Å². The molecule has 0 N–H and O–H groups in total. The average Bonchev–Trinajstić information content (AvgIpc) is 3.01. The van der Waals surface area contributed by atoms with Crippen LogP contribution >= 0.6 is 0 Å². The SMILES string of the molecule is Cc1ccc(S(=O)(=O)CC#CCOC(=O)c2ccco2)cc1. The molecule has 6 heteroatoms. The van der Waals surface area contributed by atoms with Crippen LogP contribution < -0.4 is 0 Å². The highest BCUT2D eigenvalue weighted by Crippen LogP contribution is 2.11. The van der Waals surface area contributed by atoms with E-state index in [4.69, 9.17) is 9.15 Å². The van der Waals surface area contributed by atoms with Crippen LogP contribution in [0.4, 0.5) is 0 Å². The zero-order chi connectivity index (χ0) is 16.0. The molecule has 0 unspecified atom stereocenters. The van der Waals surface area contributed by atoms with Crippen LogP contribution in [-0.2, 0) is 14.6 Å². The Labute approximate surface area is 128 Å². The molecule has 0 aliphatic carbocycles. The molecule has 22 heavy (non-hydrogen) atoms. The number of hydrogen-bond acceptors (Lipinski definition) is 5. The molecule has 0 amide bonds. The summed E-state index contributed by atoms with van der Waals surface area (Å²) in [6, 6.07) is 9.58. The number of carbonyl (C=O) groups is 1. The van der Waals surface area contributed by atoms with Gasteiger partial charge < -0.3 is 9.15 Å². The topological polar surface area (TPSA) is 73.6 Å². The quantitative estimate of drug-likeness (QED) is 0.638. The van der Waals surface area contributed by atoms with Crippen LogP contribution in [0.3, 0.4) is 0 Å². The van der Waals surface area contributed by atoms with Crippen LogP contribution in [0, 0.1) is 18.8 Å². The number of hydrogen-bond donors (Lipinski definition) is 0. The molecule has 0 bridgehead atoms. The van der Waals surface area contributed by atoms with Gasteiger partial charge in [0, 0.05) is 0 Å². The summed E-state index contributed by atoms with van der Waals surface area (Å²) in [5.41, 5.74) is 0.981. The van der Waals surface area contributed by atoms with Crippen molar-refractivity contribution in [1.82, 2.24) is 0 Å². The van der Waals surface area contributed by atoms with Crippen LogP contribution in [0.2, 0.25) is 0 Å². The van der Waals surface area contributed by atoms with E-state index in [2.05, 4.69) is 11.8 Å². The molecule has 114 valence electrons. The van der Waals surface area contributed by atoms with Crippen molar-refractivity contribution >= 4 is 15.8 Å². The first-order chi connectivity index (χ1) is 10.5. The smallest absolute Gasteiger partial charge is 0.375 e. The van der Waals surface area contributed by atoms with Crippen LogP contribution in [0.1, 0.15) is 16.1 Å². The number of aryl methyl sites for hydroxylation is 1. The van der Waals surface area contributed by atoms with Gasteiger partial charge in [0.2, 0.25) is 5.76 Å². The van der Waals surface area contributed by atoms with E-state index in [1.54, 1.807) is 30.3 Å². The molecule has 0 radical (unpaired) electrons. The Morgan fingerprint density at radius 2 is 1.91 bits per heavy atom. The lowest BCUT2D eigenvalue weighted by atomic mass is 10.2. The summed E-state index contributed by atoms with van der Waals surface area (Å²) in [5, 5.41) is 0. The third kappa shape index (κ3) is 4.24. The minimum atomic E-state index is -3.45. The maximum absolute atomic E-state index is 12.0. The van der Waals surface area contributed by atoms with Gasteiger partial charge in [0.15, 0.2) is 16.4 Å². The Hall–Kier alpha value is -2.52. The van der Waals surface area contributed by atoms with E-state index in [1.807, 2.05) is 6.92 Å². The van der Waals surface area contributed by atoms with Crippen molar-refractivity contribution in [1.29, 1.82) is 0 Å². The highest BCUT2D eigenvalue weighted by atomic mass is 32.2. The molecule has 1 heterocycles. The fraction of sp³-hybridized carbons (Fsp3) is 0.188. The van der Waals surface area contributed by atoms with Gasteiger partial charge in [-0.25, -0.2) is 13.2 Å². The van der Waals surface area contributed by atoms with Crippen molar-refractivity contribution in [2.24, 2.45) is 0 Å². The second-order valence-electron chi connectivity index (χ2n) is 4.48. The van der Waals surface area contributed by atoms with E-state index >= 15 is 0 Å². The monoisotopic (exact) mass is 318 g/mol. The molecular formula is C16H14O5S. The molecule has 1 aromatic carbocycles. The van der Waals surface area contributed by atoms with Gasteiger partial charge in [0.25, 0.3) is 0 Å². The normalized spacial score (nSPS) is 10.6. The summed E-state index contributed by atoms with van der Waals surface area (Å²) in [4.78, 5) is 11.6. The van der Waals surface area contributed by atoms with Gasteiger partial charge in [-0.1, -0.05) is 29.5 Å². The summed E-state index contributed by atoms with van der Waals surface area (Å²) in [7, 11) is -3.45. The second kappa shape index (κ2) is 6.96. The van der Waals surface area contributed by atoms with Gasteiger partial charge in [0.1, 0.15) is 5.75 Å². The molecule has 0 saturated carbocycles. The summed E-state index contributed by atoms with van der Waals surface area (Å²) in [5.74, 6) is 4.11. The molecule has 2 aromatic rings. The minimum absolute atomic E-state index is 0.0778. The standard InChI is InChI=1S/C16H14O5S/c1-13-6-8-14(9-7-13)22(18,19)12-3-2-10-21-16(17)15-5-4-11-20-15/h4-9,11H,10,12H2,1H3. The molecule has 0 spiro atoms. The Morgan fingerprint density at radius 3 is 2.55 bits per heavy atom. The van der Waals surface area contributed by atoms with E-state index in [0.29, 0.717) is 0 Å². The second-order valence-corrected chi connectivity index (χ2v) is 6.47. The fourth-order valence-corrected chi connectivity index (χ4v) is 2.60. The van der Waals surface area contributed by atoms with Gasteiger partial charge >= 0.3 is 5.97 Å². The fourth-order valence-electron chi connectivity index (χ4n) is 1.59. The largest absolute Gasteiger partial charge is 0.457 e. The van der Waals surface area contributed by atoms with Crippen molar-refractivity contribution in [3.63, 3.8) is 0 Å². The van der Waals surface area contributed by atoms with Gasteiger partial charge in [-0.2, -0.15) is 0 Å². The number of sulfone groups is 1. The number of benzene rings is 1. The first-order valence-corrected chi connectivity index (χ1v) is 8.10. The Morgan fingerprint density at radius 1 is 1.18 bits per heavy atom. The number of furan rings is 1. The Balaban J connectivity index is 1.88. The molecule has 0 fully saturated rings. The van der Waals surface area contributed by atoms with Gasteiger partial charge in [-0.05, 0) is 31.2 Å². The number of esters is 1. The molecule has 0 atom stereocenters. The predicted octanol–water partition coefficient (Wildman–Crippen LogP) is 2.22. The zero-order valence-corrected chi connectivity index (χ0v) is 12.7. The maximum Gasteiger partial charge on any atom is 0.375 e. The molecule has 1 aromatic heterocycles. The Bertz CT molecular complexity index is 790. The minimum Gasteiger partial charge on any atom is -0.457 e. The lowest BCUT2D eigenvalue weighted by Gasteiger charge is -2.00. The van der Waals surface area contributed by atoms with Crippen molar-refractivity contribution in [2.45, 2.75) is 11.8 Å². The van der Waals surface area contributed by atoms with Crippen molar-refractivity contribution in [2.75, 3.05) is 12.4 Å². The van der Waals surface area contributed by atoms with E-state index in [-0.39, 0.29) is 23.0 Å². The Kier molecular flexibility index (Phi) is 5.02. The van der Waals surface area contributed by atoms with Gasteiger partial charge in [0.05, 0.1) is 11.2 Å². The summed E-state index contributed by atoms with van der Waals surface area (Å²) < 4.78 is 33.7. The maximum atomic E-state index is 12.0. The third-order valence-corrected chi connectivity index (χ3v) is 4.28. The average molecular weight is 318 g/mol. The number of rotatable bonds is 4. The first-order valence-electron chi connectivity index (χ1n) is 6.45. The van der Waals surface area contributed by atoms with Crippen molar-refractivity contribution in [3.05, 3.63) is 54.0 Å². The molecule has 2 rings (SSSR count). The molecule has 5 nitrogen and oxygen atoms in total. The zero-order valence-electron chi connectivity index (χ0n) is 11.9. The van der Waals surface area contributed by atoms with Crippen LogP contribution in [0.25, 0.3) is 0 Å². The number of ether oxygens (including phenoxy) is 1. The molecular weight excluding hydrogens is 304 g/mol. The van der Waals surface area contributed by atoms with E-state index < -0.39 is 15.8 Å². The van der Waals surface area contributed by atoms with E-state index in [9.17, 15) is 13.2 Å². The summed E-state index contributed by atoms with van der Waals surface area (Å²) in [6.45, 7) is 1.69. The van der Waals surface area contributed by atoms with E-state index in [0.717, 1.165) is 5.56 Å². The highest BCUT2D eigenvalue weighted by molar-refractivity contribution is 7.91.